The lowest BCUT2D eigenvalue weighted by atomic mass is 10.1. The number of rotatable bonds is 56. The third kappa shape index (κ3) is 60.8. The van der Waals surface area contributed by atoms with Gasteiger partial charge in [-0.25, -0.2) is 0 Å². The minimum absolute atomic E-state index is 0.0887. The Morgan fingerprint density at radius 1 is 0.280 bits per heavy atom. The highest BCUT2D eigenvalue weighted by Gasteiger charge is 2.19. The van der Waals surface area contributed by atoms with Gasteiger partial charge in [-0.05, 0) is 128 Å². The third-order valence-corrected chi connectivity index (χ3v) is 13.2. The van der Waals surface area contributed by atoms with Crippen LogP contribution < -0.4 is 0 Å². The van der Waals surface area contributed by atoms with E-state index in [9.17, 15) is 14.4 Å². The Kier molecular flexibility index (Phi) is 59.3. The maximum atomic E-state index is 12.9. The van der Waals surface area contributed by atoms with Crippen molar-refractivity contribution in [1.29, 1.82) is 0 Å². The summed E-state index contributed by atoms with van der Waals surface area (Å²) in [5.41, 5.74) is 0. The monoisotopic (exact) mass is 1040 g/mol. The SMILES string of the molecule is CC/C=C\C/C=C\C/C=C\C/C=C\C/C=C\C/C=C\CCCCCCCCCCCCC(=O)OCC(COC(=O)CCCCCCC/C=C\CCCCC)OC(=O)CCCCCCC/C=C\C/C=C\CCCCCC. The highest BCUT2D eigenvalue weighted by atomic mass is 16.6. The van der Waals surface area contributed by atoms with Gasteiger partial charge in [-0.15, -0.1) is 0 Å². The molecule has 0 fully saturated rings. The van der Waals surface area contributed by atoms with Crippen LogP contribution in [0.1, 0.15) is 290 Å². The summed E-state index contributed by atoms with van der Waals surface area (Å²) < 4.78 is 16.9. The van der Waals surface area contributed by atoms with Crippen LogP contribution in [-0.4, -0.2) is 37.2 Å². The Morgan fingerprint density at radius 3 is 0.853 bits per heavy atom. The van der Waals surface area contributed by atoms with Crippen molar-refractivity contribution in [2.24, 2.45) is 0 Å². The van der Waals surface area contributed by atoms with E-state index in [1.807, 2.05) is 0 Å². The van der Waals surface area contributed by atoms with Crippen LogP contribution in [-0.2, 0) is 28.6 Å². The Labute approximate surface area is 463 Å². The van der Waals surface area contributed by atoms with Crippen molar-refractivity contribution in [2.75, 3.05) is 13.2 Å². The van der Waals surface area contributed by atoms with E-state index < -0.39 is 6.10 Å². The predicted octanol–water partition coefficient (Wildman–Crippen LogP) is 21.4. The Morgan fingerprint density at radius 2 is 0.520 bits per heavy atom. The molecule has 0 radical (unpaired) electrons. The molecule has 1 atom stereocenters. The topological polar surface area (TPSA) is 78.9 Å². The number of carbonyl (C=O) groups is 3. The third-order valence-electron chi connectivity index (χ3n) is 13.2. The van der Waals surface area contributed by atoms with Crippen LogP contribution >= 0.6 is 0 Å². The van der Waals surface area contributed by atoms with E-state index in [0.29, 0.717) is 19.3 Å². The van der Waals surface area contributed by atoms with Crippen LogP contribution in [0.4, 0.5) is 0 Å². The van der Waals surface area contributed by atoms with Gasteiger partial charge in [0.25, 0.3) is 0 Å². The van der Waals surface area contributed by atoms with E-state index in [2.05, 4.69) is 130 Å². The molecule has 428 valence electrons. The first kappa shape index (κ1) is 71.1. The van der Waals surface area contributed by atoms with Gasteiger partial charge in [0, 0.05) is 19.3 Å². The van der Waals surface area contributed by atoms with Gasteiger partial charge in [0.2, 0.25) is 0 Å². The number of esters is 3. The maximum absolute atomic E-state index is 12.9. The zero-order valence-electron chi connectivity index (χ0n) is 49.0. The van der Waals surface area contributed by atoms with Gasteiger partial charge in [0.1, 0.15) is 13.2 Å². The molecular weight excluding hydrogens is 925 g/mol. The van der Waals surface area contributed by atoms with Crippen molar-refractivity contribution in [1.82, 2.24) is 0 Å². The lowest BCUT2D eigenvalue weighted by Gasteiger charge is -2.18. The van der Waals surface area contributed by atoms with Gasteiger partial charge >= 0.3 is 17.9 Å². The van der Waals surface area contributed by atoms with E-state index in [4.69, 9.17) is 14.2 Å². The van der Waals surface area contributed by atoms with Gasteiger partial charge in [0.15, 0.2) is 6.10 Å². The van der Waals surface area contributed by atoms with Crippen molar-refractivity contribution in [3.8, 4) is 0 Å². The molecule has 6 heteroatoms. The molecule has 0 saturated carbocycles. The van der Waals surface area contributed by atoms with Crippen LogP contribution in [0, 0.1) is 0 Å². The molecule has 0 bridgehead atoms. The quantitative estimate of drug-likeness (QED) is 0.0261. The Hall–Kier alpha value is -3.93. The lowest BCUT2D eigenvalue weighted by Crippen LogP contribution is -2.30. The van der Waals surface area contributed by atoms with Crippen molar-refractivity contribution in [3.63, 3.8) is 0 Å². The van der Waals surface area contributed by atoms with Crippen LogP contribution in [0.25, 0.3) is 0 Å². The summed E-state index contributed by atoms with van der Waals surface area (Å²) in [6.45, 7) is 6.47. The maximum Gasteiger partial charge on any atom is 0.306 e. The number of ether oxygens (including phenoxy) is 3. The fourth-order valence-electron chi connectivity index (χ4n) is 8.53. The highest BCUT2D eigenvalue weighted by Crippen LogP contribution is 2.15. The number of allylic oxidation sites excluding steroid dienone is 18. The molecule has 0 aromatic rings. The molecule has 6 nitrogen and oxygen atoms in total. The molecule has 0 aromatic carbocycles. The molecule has 0 heterocycles. The summed E-state index contributed by atoms with van der Waals surface area (Å²) in [6, 6.07) is 0. The first-order valence-corrected chi connectivity index (χ1v) is 31.4. The second kappa shape index (κ2) is 62.6. The first-order valence-electron chi connectivity index (χ1n) is 31.4. The largest absolute Gasteiger partial charge is 0.462 e. The zero-order chi connectivity index (χ0) is 54.3. The van der Waals surface area contributed by atoms with Crippen LogP contribution in [0.15, 0.2) is 109 Å². The second-order valence-corrected chi connectivity index (χ2v) is 20.6. The van der Waals surface area contributed by atoms with Gasteiger partial charge in [-0.2, -0.15) is 0 Å². The number of hydrogen-bond donors (Lipinski definition) is 0. The van der Waals surface area contributed by atoms with Crippen LogP contribution in [0.3, 0.4) is 0 Å². The molecule has 75 heavy (non-hydrogen) atoms. The lowest BCUT2D eigenvalue weighted by molar-refractivity contribution is -0.167. The summed E-state index contributed by atoms with van der Waals surface area (Å²) in [6.07, 6.45) is 85.2. The van der Waals surface area contributed by atoms with Crippen molar-refractivity contribution in [3.05, 3.63) is 109 Å². The van der Waals surface area contributed by atoms with Crippen molar-refractivity contribution >= 4 is 17.9 Å². The van der Waals surface area contributed by atoms with E-state index in [1.54, 1.807) is 0 Å². The van der Waals surface area contributed by atoms with E-state index in [-0.39, 0.29) is 31.1 Å². The molecule has 1 unspecified atom stereocenters. The summed E-state index contributed by atoms with van der Waals surface area (Å²) in [5, 5.41) is 0. The molecule has 0 aliphatic rings. The molecule has 0 spiro atoms. The number of carbonyl (C=O) groups excluding carboxylic acids is 3. The van der Waals surface area contributed by atoms with Crippen LogP contribution in [0.5, 0.6) is 0 Å². The summed E-state index contributed by atoms with van der Waals surface area (Å²) in [7, 11) is 0. The van der Waals surface area contributed by atoms with E-state index in [1.165, 1.54) is 122 Å². The smallest absolute Gasteiger partial charge is 0.306 e. The molecule has 0 amide bonds. The molecule has 0 aliphatic carbocycles. The molecule has 0 N–H and O–H groups in total. The molecule has 0 rings (SSSR count). The molecular formula is C69H116O6. The first-order chi connectivity index (χ1) is 37.0. The van der Waals surface area contributed by atoms with Crippen molar-refractivity contribution in [2.45, 2.75) is 297 Å². The van der Waals surface area contributed by atoms with Gasteiger partial charge in [0.05, 0.1) is 0 Å². The van der Waals surface area contributed by atoms with E-state index in [0.717, 1.165) is 128 Å². The summed E-state index contributed by atoms with van der Waals surface area (Å²) in [4.78, 5) is 38.2. The minimum Gasteiger partial charge on any atom is -0.462 e. The standard InChI is InChI=1S/C69H116O6/c1-4-7-10-13-16-19-22-25-27-29-30-31-32-33-34-35-36-37-38-39-40-41-43-44-47-50-53-56-59-62-68(71)74-65-66(64-73-67(70)61-58-55-52-49-46-24-21-18-15-12-9-6-3)75-69(72)63-60-57-54-51-48-45-42-28-26-23-20-17-14-11-8-5-2/h7,10,16,18-21,23,25,27-28,30-31,33-34,36-37,42,66H,4-6,8-9,11-15,17,22,24,26,29,32,35,38-41,43-65H2,1-3H3/b10-7-,19-16-,21-18-,23-20-,27-25-,31-30-,34-33-,37-36-,42-28-. The van der Waals surface area contributed by atoms with Gasteiger partial charge in [-0.3, -0.25) is 14.4 Å². The minimum atomic E-state index is -0.792. The normalized spacial score (nSPS) is 12.8. The fourth-order valence-corrected chi connectivity index (χ4v) is 8.53. The fraction of sp³-hybridized carbons (Fsp3) is 0.696. The summed E-state index contributed by atoms with van der Waals surface area (Å²) >= 11 is 0. The molecule has 0 aliphatic heterocycles. The summed E-state index contributed by atoms with van der Waals surface area (Å²) in [5.74, 6) is -0.911. The second-order valence-electron chi connectivity index (χ2n) is 20.6. The highest BCUT2D eigenvalue weighted by molar-refractivity contribution is 5.71. The number of hydrogen-bond acceptors (Lipinski definition) is 6. The van der Waals surface area contributed by atoms with Gasteiger partial charge < -0.3 is 14.2 Å². The average molecular weight is 1040 g/mol. The average Bonchev–Trinajstić information content (AvgIpc) is 3.41. The molecule has 0 aromatic heterocycles. The Balaban J connectivity index is 4.29. The Bertz CT molecular complexity index is 1520. The number of unbranched alkanes of at least 4 members (excludes halogenated alkanes) is 27. The van der Waals surface area contributed by atoms with Gasteiger partial charge in [-0.1, -0.05) is 252 Å². The zero-order valence-corrected chi connectivity index (χ0v) is 49.0. The predicted molar refractivity (Wildman–Crippen MR) is 325 cm³/mol. The van der Waals surface area contributed by atoms with Crippen LogP contribution in [0.2, 0.25) is 0 Å². The molecule has 0 saturated heterocycles. The van der Waals surface area contributed by atoms with Crippen molar-refractivity contribution < 1.29 is 28.6 Å². The van der Waals surface area contributed by atoms with E-state index >= 15 is 0 Å².